The first kappa shape index (κ1) is 22.8. The van der Waals surface area contributed by atoms with Crippen LogP contribution in [0.3, 0.4) is 0 Å². The molecule has 7 heteroatoms. The lowest BCUT2D eigenvalue weighted by Crippen LogP contribution is -2.40. The zero-order valence-electron chi connectivity index (χ0n) is 19.7. The summed E-state index contributed by atoms with van der Waals surface area (Å²) in [6.07, 6.45) is 5.79. The highest BCUT2D eigenvalue weighted by Crippen LogP contribution is 2.51. The molecule has 2 saturated carbocycles. The van der Waals surface area contributed by atoms with Gasteiger partial charge < -0.3 is 14.1 Å². The van der Waals surface area contributed by atoms with Gasteiger partial charge in [-0.3, -0.25) is 9.59 Å². The summed E-state index contributed by atoms with van der Waals surface area (Å²) in [6.45, 7) is 4.19. The number of morpholine rings is 1. The minimum atomic E-state index is -0.428. The summed E-state index contributed by atoms with van der Waals surface area (Å²) in [7, 11) is 0. The molecule has 5 rings (SSSR count). The van der Waals surface area contributed by atoms with Crippen LogP contribution in [0.1, 0.15) is 72.9 Å². The number of carbonyl (C=O) groups is 2. The largest absolute Gasteiger partial charge is 0.445 e. The Hall–Kier alpha value is -2.98. The second kappa shape index (κ2) is 9.34. The van der Waals surface area contributed by atoms with Crippen molar-refractivity contribution in [2.24, 2.45) is 11.3 Å². The van der Waals surface area contributed by atoms with Gasteiger partial charge >= 0.3 is 0 Å². The lowest BCUT2D eigenvalue weighted by Gasteiger charge is -2.30. The van der Waals surface area contributed by atoms with Crippen molar-refractivity contribution in [3.63, 3.8) is 0 Å². The van der Waals surface area contributed by atoms with E-state index in [9.17, 15) is 14.9 Å². The van der Waals surface area contributed by atoms with E-state index in [0.29, 0.717) is 44.2 Å². The highest BCUT2D eigenvalue weighted by Gasteiger charge is 2.47. The summed E-state index contributed by atoms with van der Waals surface area (Å²) in [5, 5.41) is 9.46. The first-order valence-corrected chi connectivity index (χ1v) is 12.4. The molecular weight excluding hydrogens is 430 g/mol. The summed E-state index contributed by atoms with van der Waals surface area (Å²) >= 11 is 0. The Morgan fingerprint density at radius 1 is 1.15 bits per heavy atom. The third-order valence-electron chi connectivity index (χ3n) is 7.58. The van der Waals surface area contributed by atoms with Gasteiger partial charge in [0.05, 0.1) is 24.7 Å². The molecule has 1 aliphatic heterocycles. The topological polar surface area (TPSA) is 96.4 Å². The minimum Gasteiger partial charge on any atom is -0.445 e. The maximum atomic E-state index is 13.3. The number of hydrogen-bond acceptors (Lipinski definition) is 6. The number of aryl methyl sites for hydroxylation is 1. The van der Waals surface area contributed by atoms with Gasteiger partial charge in [0.25, 0.3) is 5.91 Å². The Labute approximate surface area is 200 Å². The van der Waals surface area contributed by atoms with Crippen LogP contribution in [0.4, 0.5) is 0 Å². The van der Waals surface area contributed by atoms with Crippen LogP contribution >= 0.6 is 0 Å². The number of ketones is 1. The van der Waals surface area contributed by atoms with Crippen molar-refractivity contribution in [3.05, 3.63) is 41.5 Å². The van der Waals surface area contributed by atoms with Crippen molar-refractivity contribution in [3.8, 4) is 17.3 Å². The van der Waals surface area contributed by atoms with Crippen LogP contribution in [-0.2, 0) is 9.53 Å². The molecule has 3 aliphatic rings. The molecule has 178 valence electrons. The molecule has 1 aromatic carbocycles. The van der Waals surface area contributed by atoms with Gasteiger partial charge in [0.15, 0.2) is 5.89 Å². The second-order valence-corrected chi connectivity index (χ2v) is 9.96. The molecule has 2 atom stereocenters. The number of oxazole rings is 1. The lowest BCUT2D eigenvalue weighted by molar-refractivity contribution is -0.125. The smallest absolute Gasteiger partial charge is 0.254 e. The summed E-state index contributed by atoms with van der Waals surface area (Å²) in [6, 6.07) is 9.88. The van der Waals surface area contributed by atoms with Crippen LogP contribution in [0, 0.1) is 29.6 Å². The van der Waals surface area contributed by atoms with Crippen molar-refractivity contribution in [2.45, 2.75) is 57.8 Å². The molecule has 0 unspecified atom stereocenters. The number of aromatic nitrogens is 1. The van der Waals surface area contributed by atoms with Gasteiger partial charge in [0.1, 0.15) is 17.2 Å². The van der Waals surface area contributed by atoms with E-state index in [1.165, 1.54) is 0 Å². The average molecular weight is 462 g/mol. The zero-order chi connectivity index (χ0) is 23.7. The Kier molecular flexibility index (Phi) is 6.26. The van der Waals surface area contributed by atoms with Crippen molar-refractivity contribution < 1.29 is 18.7 Å². The second-order valence-electron chi connectivity index (χ2n) is 9.96. The average Bonchev–Trinajstić information content (AvgIpc) is 3.55. The van der Waals surface area contributed by atoms with E-state index < -0.39 is 5.41 Å². The van der Waals surface area contributed by atoms with E-state index in [4.69, 9.17) is 9.15 Å². The number of hydrogen-bond donors (Lipinski definition) is 0. The predicted molar refractivity (Wildman–Crippen MR) is 125 cm³/mol. The molecule has 1 saturated heterocycles. The van der Waals surface area contributed by atoms with Gasteiger partial charge in [0, 0.05) is 49.4 Å². The van der Waals surface area contributed by atoms with Crippen molar-refractivity contribution >= 4 is 11.7 Å². The molecule has 2 aliphatic carbocycles. The molecule has 1 aromatic heterocycles. The van der Waals surface area contributed by atoms with Crippen molar-refractivity contribution in [1.29, 1.82) is 5.26 Å². The summed E-state index contributed by atoms with van der Waals surface area (Å²) in [5.41, 5.74) is 1.86. The fourth-order valence-electron chi connectivity index (χ4n) is 5.39. The van der Waals surface area contributed by atoms with E-state index in [0.717, 1.165) is 55.5 Å². The normalized spacial score (nSPS) is 23.8. The minimum absolute atomic E-state index is 0.0100. The number of nitriles is 1. The maximum absolute atomic E-state index is 13.3. The molecule has 34 heavy (non-hydrogen) atoms. The van der Waals surface area contributed by atoms with Gasteiger partial charge in [-0.25, -0.2) is 4.98 Å². The lowest BCUT2D eigenvalue weighted by atomic mass is 9.73. The van der Waals surface area contributed by atoms with Gasteiger partial charge in [-0.1, -0.05) is 25.0 Å². The van der Waals surface area contributed by atoms with E-state index in [1.807, 2.05) is 36.1 Å². The maximum Gasteiger partial charge on any atom is 0.254 e. The highest BCUT2D eigenvalue weighted by molar-refractivity contribution is 5.94. The quantitative estimate of drug-likeness (QED) is 0.621. The van der Waals surface area contributed by atoms with E-state index in [-0.39, 0.29) is 23.5 Å². The fourth-order valence-corrected chi connectivity index (χ4v) is 5.39. The molecular formula is C27H31N3O4. The molecule has 7 nitrogen and oxygen atoms in total. The number of rotatable bonds is 6. The molecule has 2 aromatic rings. The van der Waals surface area contributed by atoms with Crippen molar-refractivity contribution in [2.75, 3.05) is 26.3 Å². The number of ether oxygens (including phenoxy) is 1. The molecule has 0 bridgehead atoms. The summed E-state index contributed by atoms with van der Waals surface area (Å²) in [5.74, 6) is 1.39. The standard InChI is InChI=1S/C27H31N3O4/c1-18-29-24(19-6-8-20(9-7-19)26(32)30-12-14-33-15-13-30)25(34-18)22-5-3-2-4-21(22)23(31)16-27(17-28)10-11-27/h6-9,21-22H,2-5,10-16H2,1H3/t21-,22-/m1/s1. The first-order chi connectivity index (χ1) is 16.5. The predicted octanol–water partition coefficient (Wildman–Crippen LogP) is 4.66. The number of benzene rings is 1. The Morgan fingerprint density at radius 2 is 1.85 bits per heavy atom. The van der Waals surface area contributed by atoms with E-state index in [2.05, 4.69) is 11.1 Å². The molecule has 0 spiro atoms. The summed E-state index contributed by atoms with van der Waals surface area (Å²) < 4.78 is 11.5. The Morgan fingerprint density at radius 3 is 2.53 bits per heavy atom. The van der Waals surface area contributed by atoms with Crippen LogP contribution in [0.15, 0.2) is 28.7 Å². The van der Waals surface area contributed by atoms with Gasteiger partial charge in [-0.05, 0) is 37.8 Å². The van der Waals surface area contributed by atoms with Crippen LogP contribution in [0.25, 0.3) is 11.3 Å². The Bertz CT molecular complexity index is 1100. The monoisotopic (exact) mass is 461 g/mol. The number of nitrogens with zero attached hydrogens (tertiary/aromatic N) is 3. The van der Waals surface area contributed by atoms with Crippen LogP contribution in [-0.4, -0.2) is 47.9 Å². The molecule has 0 radical (unpaired) electrons. The molecule has 1 amide bonds. The fraction of sp³-hybridized carbons (Fsp3) is 0.556. The number of amides is 1. The third-order valence-corrected chi connectivity index (χ3v) is 7.58. The van der Waals surface area contributed by atoms with Crippen molar-refractivity contribution in [1.82, 2.24) is 9.88 Å². The first-order valence-electron chi connectivity index (χ1n) is 12.4. The van der Waals surface area contributed by atoms with Crippen LogP contribution in [0.2, 0.25) is 0 Å². The third kappa shape index (κ3) is 4.52. The molecule has 3 fully saturated rings. The number of Topliss-reactive ketones (excluding diaryl/α,β-unsaturated/α-hetero) is 1. The van der Waals surface area contributed by atoms with Gasteiger partial charge in [-0.15, -0.1) is 0 Å². The SMILES string of the molecule is Cc1nc(-c2ccc(C(=O)N3CCOCC3)cc2)c([C@@H]2CCCC[C@H]2C(=O)CC2(C#N)CC2)o1. The Balaban J connectivity index is 1.38. The molecule has 2 heterocycles. The highest BCUT2D eigenvalue weighted by atomic mass is 16.5. The number of carbonyl (C=O) groups excluding carboxylic acids is 2. The van der Waals surface area contributed by atoms with Crippen LogP contribution < -0.4 is 0 Å². The van der Waals surface area contributed by atoms with Crippen LogP contribution in [0.5, 0.6) is 0 Å². The van der Waals surface area contributed by atoms with E-state index in [1.54, 1.807) is 0 Å². The van der Waals surface area contributed by atoms with E-state index >= 15 is 0 Å². The summed E-state index contributed by atoms with van der Waals surface area (Å²) in [4.78, 5) is 32.6. The van der Waals surface area contributed by atoms with Gasteiger partial charge in [0.2, 0.25) is 0 Å². The van der Waals surface area contributed by atoms with Gasteiger partial charge in [-0.2, -0.15) is 5.26 Å². The zero-order valence-corrected chi connectivity index (χ0v) is 19.7. The molecule has 0 N–H and O–H groups in total.